The number of nitrogens with zero attached hydrogens (tertiary/aromatic N) is 5. The molecule has 3 rings (SSSR count). The maximum atomic E-state index is 8.92. The van der Waals surface area contributed by atoms with E-state index in [0.29, 0.717) is 11.4 Å². The molecular weight excluding hydrogens is 244 g/mol. The number of nitriles is 1. The standard InChI is InChI=1S/C12H8N6O/c1-7-2-3-14-5-8(7)11-16-12(19-18-11)9-6-15-17-10(9)4-13/h2-3,5-6H,1H3,(H,15,17). The number of aromatic nitrogens is 5. The second-order valence-electron chi connectivity index (χ2n) is 3.88. The summed E-state index contributed by atoms with van der Waals surface area (Å²) in [5.74, 6) is 0.689. The molecule has 0 unspecified atom stereocenters. The molecule has 7 heteroatoms. The minimum Gasteiger partial charge on any atom is -0.333 e. The molecule has 0 saturated heterocycles. The lowest BCUT2D eigenvalue weighted by atomic mass is 10.1. The molecule has 0 bridgehead atoms. The van der Waals surface area contributed by atoms with Crippen molar-refractivity contribution in [1.82, 2.24) is 25.3 Å². The van der Waals surface area contributed by atoms with Crippen LogP contribution in [0.1, 0.15) is 11.3 Å². The van der Waals surface area contributed by atoms with E-state index >= 15 is 0 Å². The van der Waals surface area contributed by atoms with Crippen LogP contribution in [0.4, 0.5) is 0 Å². The van der Waals surface area contributed by atoms with Crippen molar-refractivity contribution in [3.8, 4) is 28.9 Å². The summed E-state index contributed by atoms with van der Waals surface area (Å²) in [5, 5.41) is 19.2. The van der Waals surface area contributed by atoms with Crippen molar-refractivity contribution in [1.29, 1.82) is 5.26 Å². The minimum absolute atomic E-state index is 0.253. The number of aryl methyl sites for hydroxylation is 1. The molecule has 0 saturated carbocycles. The van der Waals surface area contributed by atoms with Crippen LogP contribution in [0.5, 0.6) is 0 Å². The molecule has 0 amide bonds. The van der Waals surface area contributed by atoms with Gasteiger partial charge in [-0.2, -0.15) is 15.3 Å². The monoisotopic (exact) mass is 252 g/mol. The molecule has 3 heterocycles. The highest BCUT2D eigenvalue weighted by Gasteiger charge is 2.16. The van der Waals surface area contributed by atoms with Crippen molar-refractivity contribution in [2.24, 2.45) is 0 Å². The fourth-order valence-electron chi connectivity index (χ4n) is 1.67. The Morgan fingerprint density at radius 2 is 2.21 bits per heavy atom. The topological polar surface area (TPSA) is 104 Å². The number of hydrogen-bond donors (Lipinski definition) is 1. The third-order valence-electron chi connectivity index (χ3n) is 2.69. The van der Waals surface area contributed by atoms with Crippen molar-refractivity contribution >= 4 is 0 Å². The molecule has 19 heavy (non-hydrogen) atoms. The SMILES string of the molecule is Cc1ccncc1-c1noc(-c2cn[nH]c2C#N)n1. The lowest BCUT2D eigenvalue weighted by Gasteiger charge is -1.97. The number of H-pyrrole nitrogens is 1. The van der Waals surface area contributed by atoms with Gasteiger partial charge < -0.3 is 4.52 Å². The van der Waals surface area contributed by atoms with E-state index < -0.39 is 0 Å². The highest BCUT2D eigenvalue weighted by atomic mass is 16.5. The van der Waals surface area contributed by atoms with Gasteiger partial charge in [0.25, 0.3) is 5.89 Å². The Hall–Kier alpha value is -3.01. The first kappa shape index (κ1) is 11.1. The largest absolute Gasteiger partial charge is 0.333 e. The van der Waals surface area contributed by atoms with Crippen LogP contribution >= 0.6 is 0 Å². The van der Waals surface area contributed by atoms with Crippen LogP contribution in [-0.2, 0) is 0 Å². The first-order chi connectivity index (χ1) is 9.29. The molecule has 0 radical (unpaired) electrons. The predicted molar refractivity (Wildman–Crippen MR) is 64.6 cm³/mol. The second kappa shape index (κ2) is 4.34. The van der Waals surface area contributed by atoms with Gasteiger partial charge in [-0.25, -0.2) is 0 Å². The smallest absolute Gasteiger partial charge is 0.262 e. The number of rotatable bonds is 2. The quantitative estimate of drug-likeness (QED) is 0.744. The van der Waals surface area contributed by atoms with Crippen LogP contribution in [0.2, 0.25) is 0 Å². The van der Waals surface area contributed by atoms with E-state index in [1.54, 1.807) is 12.4 Å². The van der Waals surface area contributed by atoms with E-state index in [4.69, 9.17) is 9.78 Å². The van der Waals surface area contributed by atoms with Crippen LogP contribution in [0.25, 0.3) is 22.8 Å². The fraction of sp³-hybridized carbons (Fsp3) is 0.0833. The van der Waals surface area contributed by atoms with Crippen molar-refractivity contribution < 1.29 is 4.52 Å². The van der Waals surface area contributed by atoms with Gasteiger partial charge in [-0.3, -0.25) is 10.1 Å². The summed E-state index contributed by atoms with van der Waals surface area (Å²) in [7, 11) is 0. The van der Waals surface area contributed by atoms with Gasteiger partial charge in [-0.1, -0.05) is 5.16 Å². The number of aromatic amines is 1. The van der Waals surface area contributed by atoms with E-state index in [-0.39, 0.29) is 11.6 Å². The predicted octanol–water partition coefficient (Wildman–Crippen LogP) is 1.70. The molecular formula is C12H8N6O. The van der Waals surface area contributed by atoms with Crippen LogP contribution in [0.15, 0.2) is 29.2 Å². The maximum absolute atomic E-state index is 8.92. The molecule has 0 aliphatic carbocycles. The first-order valence-corrected chi connectivity index (χ1v) is 5.48. The minimum atomic E-state index is 0.253. The highest BCUT2D eigenvalue weighted by molar-refractivity contribution is 5.64. The summed E-state index contributed by atoms with van der Waals surface area (Å²) in [5.41, 5.74) is 2.57. The Morgan fingerprint density at radius 1 is 1.32 bits per heavy atom. The molecule has 0 spiro atoms. The number of nitrogens with one attached hydrogen (secondary N) is 1. The Balaban J connectivity index is 2.06. The van der Waals surface area contributed by atoms with Crippen LogP contribution in [0.3, 0.4) is 0 Å². The van der Waals surface area contributed by atoms with E-state index in [0.717, 1.165) is 11.1 Å². The van der Waals surface area contributed by atoms with Gasteiger partial charge in [0.05, 0.1) is 11.8 Å². The number of hydrogen-bond acceptors (Lipinski definition) is 6. The molecule has 3 aromatic rings. The molecule has 0 atom stereocenters. The highest BCUT2D eigenvalue weighted by Crippen LogP contribution is 2.24. The Kier molecular flexibility index (Phi) is 2.54. The molecule has 0 aliphatic rings. The van der Waals surface area contributed by atoms with Gasteiger partial charge in [0.15, 0.2) is 0 Å². The van der Waals surface area contributed by atoms with Crippen molar-refractivity contribution in [2.45, 2.75) is 6.92 Å². The van der Waals surface area contributed by atoms with Crippen LogP contribution < -0.4 is 0 Å². The summed E-state index contributed by atoms with van der Waals surface area (Å²) in [6, 6.07) is 3.84. The lowest BCUT2D eigenvalue weighted by Crippen LogP contribution is -1.87. The van der Waals surface area contributed by atoms with Gasteiger partial charge in [-0.05, 0) is 18.6 Å². The van der Waals surface area contributed by atoms with Gasteiger partial charge >= 0.3 is 0 Å². The molecule has 0 fully saturated rings. The maximum Gasteiger partial charge on any atom is 0.262 e. The second-order valence-corrected chi connectivity index (χ2v) is 3.88. The Morgan fingerprint density at radius 3 is 3.00 bits per heavy atom. The third kappa shape index (κ3) is 1.85. The molecule has 3 aromatic heterocycles. The number of pyridine rings is 1. The van der Waals surface area contributed by atoms with Gasteiger partial charge in [0.1, 0.15) is 11.8 Å². The Bertz CT molecular complexity index is 750. The zero-order valence-corrected chi connectivity index (χ0v) is 9.95. The van der Waals surface area contributed by atoms with Crippen molar-refractivity contribution in [2.75, 3.05) is 0 Å². The van der Waals surface area contributed by atoms with Gasteiger partial charge in [-0.15, -0.1) is 0 Å². The average Bonchev–Trinajstić information content (AvgIpc) is 3.07. The summed E-state index contributed by atoms with van der Waals surface area (Å²) < 4.78 is 5.16. The Labute approximate surface area is 107 Å². The van der Waals surface area contributed by atoms with Crippen LogP contribution in [0, 0.1) is 18.3 Å². The van der Waals surface area contributed by atoms with E-state index in [2.05, 4.69) is 25.3 Å². The van der Waals surface area contributed by atoms with Crippen LogP contribution in [-0.4, -0.2) is 25.3 Å². The molecule has 1 N–H and O–H groups in total. The normalized spacial score (nSPS) is 10.3. The first-order valence-electron chi connectivity index (χ1n) is 5.48. The van der Waals surface area contributed by atoms with Gasteiger partial charge in [0, 0.05) is 18.0 Å². The molecule has 7 nitrogen and oxygen atoms in total. The zero-order chi connectivity index (χ0) is 13.2. The lowest BCUT2D eigenvalue weighted by molar-refractivity contribution is 0.432. The van der Waals surface area contributed by atoms with E-state index in [9.17, 15) is 0 Å². The zero-order valence-electron chi connectivity index (χ0n) is 9.95. The van der Waals surface area contributed by atoms with E-state index in [1.165, 1.54) is 6.20 Å². The molecule has 0 aliphatic heterocycles. The summed E-state index contributed by atoms with van der Waals surface area (Å²) >= 11 is 0. The molecule has 92 valence electrons. The summed E-state index contributed by atoms with van der Waals surface area (Å²) in [6.07, 6.45) is 4.85. The average molecular weight is 252 g/mol. The van der Waals surface area contributed by atoms with Crippen molar-refractivity contribution in [3.63, 3.8) is 0 Å². The van der Waals surface area contributed by atoms with E-state index in [1.807, 2.05) is 19.1 Å². The fourth-order valence-corrected chi connectivity index (χ4v) is 1.67. The van der Waals surface area contributed by atoms with Crippen molar-refractivity contribution in [3.05, 3.63) is 35.9 Å². The summed E-state index contributed by atoms with van der Waals surface area (Å²) in [4.78, 5) is 8.30. The molecule has 0 aromatic carbocycles. The summed E-state index contributed by atoms with van der Waals surface area (Å²) in [6.45, 7) is 1.94. The van der Waals surface area contributed by atoms with Gasteiger partial charge in [0.2, 0.25) is 5.82 Å². The third-order valence-corrected chi connectivity index (χ3v) is 2.69.